The van der Waals surface area contributed by atoms with Crippen LogP contribution in [0.3, 0.4) is 0 Å². The van der Waals surface area contributed by atoms with Gasteiger partial charge in [0.1, 0.15) is 6.10 Å². The largest absolute Gasteiger partial charge is 0.853 e. The molecule has 0 amide bonds. The van der Waals surface area contributed by atoms with Gasteiger partial charge in [-0.2, -0.15) is 0 Å². The molecule has 1 heterocycles. The Kier molecular flexibility index (Phi) is 3.14. The second-order valence-corrected chi connectivity index (χ2v) is 3.38. The lowest BCUT2D eigenvalue weighted by Gasteiger charge is -2.02. The zero-order valence-corrected chi connectivity index (χ0v) is 7.89. The molecule has 0 N–H and O–H groups in total. The summed E-state index contributed by atoms with van der Waals surface area (Å²) in [7, 11) is 0. The molecule has 3 heteroatoms. The molecular formula is C11H13O3-. The molecule has 0 aliphatic carbocycles. The van der Waals surface area contributed by atoms with Gasteiger partial charge >= 0.3 is 0 Å². The standard InChI is InChI=1S/C11H13O3/c12-6-10-11(14-10)8-13-7-9-4-2-1-3-5-9/h1-5,10-11H,6-8H2/q-1/t10-,11+/m0/s1. The van der Waals surface area contributed by atoms with E-state index in [9.17, 15) is 5.11 Å². The molecule has 2 rings (SSSR count). The summed E-state index contributed by atoms with van der Waals surface area (Å²) >= 11 is 0. The Morgan fingerprint density at radius 2 is 2.00 bits per heavy atom. The number of hydrogen-bond acceptors (Lipinski definition) is 3. The van der Waals surface area contributed by atoms with Gasteiger partial charge in [0.2, 0.25) is 0 Å². The average Bonchev–Trinajstić information content (AvgIpc) is 2.98. The maximum absolute atomic E-state index is 10.4. The van der Waals surface area contributed by atoms with Gasteiger partial charge in [0.15, 0.2) is 0 Å². The summed E-state index contributed by atoms with van der Waals surface area (Å²) in [5.41, 5.74) is 1.15. The van der Waals surface area contributed by atoms with E-state index in [1.54, 1.807) is 0 Å². The fourth-order valence-electron chi connectivity index (χ4n) is 1.34. The van der Waals surface area contributed by atoms with Crippen LogP contribution in [-0.4, -0.2) is 25.4 Å². The summed E-state index contributed by atoms with van der Waals surface area (Å²) in [6, 6.07) is 9.96. The van der Waals surface area contributed by atoms with Crippen molar-refractivity contribution in [2.75, 3.05) is 13.2 Å². The lowest BCUT2D eigenvalue weighted by molar-refractivity contribution is -0.370. The van der Waals surface area contributed by atoms with Crippen LogP contribution in [0.5, 0.6) is 0 Å². The van der Waals surface area contributed by atoms with Gasteiger partial charge in [0.25, 0.3) is 0 Å². The second-order valence-electron chi connectivity index (χ2n) is 3.38. The van der Waals surface area contributed by atoms with E-state index in [0.717, 1.165) is 5.56 Å². The van der Waals surface area contributed by atoms with E-state index < -0.39 is 0 Å². The zero-order valence-electron chi connectivity index (χ0n) is 7.89. The Balaban J connectivity index is 1.64. The van der Waals surface area contributed by atoms with Crippen LogP contribution in [0.15, 0.2) is 30.3 Å². The smallest absolute Gasteiger partial charge is 0.106 e. The van der Waals surface area contributed by atoms with E-state index in [0.29, 0.717) is 13.2 Å². The van der Waals surface area contributed by atoms with Crippen LogP contribution in [-0.2, 0) is 16.1 Å². The van der Waals surface area contributed by atoms with Crippen LogP contribution in [0, 0.1) is 0 Å². The molecule has 2 atom stereocenters. The topological polar surface area (TPSA) is 44.8 Å². The average molecular weight is 193 g/mol. The van der Waals surface area contributed by atoms with Crippen molar-refractivity contribution in [3.63, 3.8) is 0 Å². The van der Waals surface area contributed by atoms with Crippen molar-refractivity contribution in [2.24, 2.45) is 0 Å². The van der Waals surface area contributed by atoms with Crippen LogP contribution in [0.1, 0.15) is 5.56 Å². The first-order valence-electron chi connectivity index (χ1n) is 4.75. The highest BCUT2D eigenvalue weighted by Crippen LogP contribution is 2.20. The Bertz CT molecular complexity index is 273. The monoisotopic (exact) mass is 193 g/mol. The summed E-state index contributed by atoms with van der Waals surface area (Å²) in [4.78, 5) is 0. The van der Waals surface area contributed by atoms with E-state index in [1.807, 2.05) is 30.3 Å². The van der Waals surface area contributed by atoms with Gasteiger partial charge in [-0.05, 0) is 5.56 Å². The Morgan fingerprint density at radius 1 is 1.21 bits per heavy atom. The van der Waals surface area contributed by atoms with Crippen LogP contribution in [0.4, 0.5) is 0 Å². The maximum atomic E-state index is 10.4. The van der Waals surface area contributed by atoms with Gasteiger partial charge in [-0.25, -0.2) is 0 Å². The van der Waals surface area contributed by atoms with Crippen molar-refractivity contribution >= 4 is 0 Å². The number of epoxide rings is 1. The fraction of sp³-hybridized carbons (Fsp3) is 0.455. The molecule has 1 aliphatic heterocycles. The molecule has 76 valence electrons. The minimum absolute atomic E-state index is 0.0382. The third-order valence-corrected chi connectivity index (χ3v) is 2.25. The highest BCUT2D eigenvalue weighted by Gasteiger charge is 2.34. The van der Waals surface area contributed by atoms with Crippen molar-refractivity contribution < 1.29 is 14.6 Å². The quantitative estimate of drug-likeness (QED) is 0.633. The summed E-state index contributed by atoms with van der Waals surface area (Å²) in [6.07, 6.45) is -0.0676. The number of benzene rings is 1. The minimum atomic E-state index is -0.153. The molecule has 0 radical (unpaired) electrons. The van der Waals surface area contributed by atoms with Gasteiger partial charge in [0, 0.05) is 0 Å². The summed E-state index contributed by atoms with van der Waals surface area (Å²) in [5.74, 6) is 0. The van der Waals surface area contributed by atoms with E-state index in [-0.39, 0.29) is 18.8 Å². The normalized spacial score (nSPS) is 24.9. The first kappa shape index (κ1) is 9.65. The molecule has 1 aromatic carbocycles. The van der Waals surface area contributed by atoms with Gasteiger partial charge in [-0.1, -0.05) is 30.3 Å². The molecule has 1 fully saturated rings. The van der Waals surface area contributed by atoms with Crippen molar-refractivity contribution in [1.82, 2.24) is 0 Å². The molecular weight excluding hydrogens is 180 g/mol. The summed E-state index contributed by atoms with van der Waals surface area (Å²) in [6.45, 7) is 0.966. The van der Waals surface area contributed by atoms with Gasteiger partial charge < -0.3 is 14.6 Å². The van der Waals surface area contributed by atoms with Crippen LogP contribution >= 0.6 is 0 Å². The lowest BCUT2D eigenvalue weighted by Crippen LogP contribution is -2.16. The first-order valence-corrected chi connectivity index (χ1v) is 4.75. The molecule has 0 spiro atoms. The van der Waals surface area contributed by atoms with E-state index >= 15 is 0 Å². The Labute approximate surface area is 83.3 Å². The van der Waals surface area contributed by atoms with Crippen molar-refractivity contribution in [2.45, 2.75) is 18.8 Å². The molecule has 1 saturated heterocycles. The fourth-order valence-corrected chi connectivity index (χ4v) is 1.34. The molecule has 1 aromatic rings. The highest BCUT2D eigenvalue weighted by atomic mass is 16.6. The zero-order chi connectivity index (χ0) is 9.80. The Hall–Kier alpha value is -0.900. The van der Waals surface area contributed by atoms with Gasteiger partial charge in [0.05, 0.1) is 19.3 Å². The van der Waals surface area contributed by atoms with E-state index in [2.05, 4.69) is 0 Å². The number of rotatable bonds is 5. The predicted octanol–water partition coefficient (Wildman–Crippen LogP) is 0.331. The molecule has 0 aromatic heterocycles. The molecule has 0 unspecified atom stereocenters. The van der Waals surface area contributed by atoms with Gasteiger partial charge in [-0.3, -0.25) is 0 Å². The van der Waals surface area contributed by atoms with Gasteiger partial charge in [-0.15, -0.1) is 6.61 Å². The minimum Gasteiger partial charge on any atom is -0.853 e. The molecule has 0 saturated carbocycles. The van der Waals surface area contributed by atoms with Crippen LogP contribution in [0.2, 0.25) is 0 Å². The van der Waals surface area contributed by atoms with Crippen LogP contribution in [0.25, 0.3) is 0 Å². The second kappa shape index (κ2) is 4.55. The van der Waals surface area contributed by atoms with Crippen LogP contribution < -0.4 is 5.11 Å². The SMILES string of the molecule is [O-]C[C@@H]1O[C@@H]1COCc1ccccc1. The number of ether oxygens (including phenoxy) is 2. The third-order valence-electron chi connectivity index (χ3n) is 2.25. The summed E-state index contributed by atoms with van der Waals surface area (Å²) in [5, 5.41) is 10.4. The Morgan fingerprint density at radius 3 is 2.64 bits per heavy atom. The maximum Gasteiger partial charge on any atom is 0.106 e. The van der Waals surface area contributed by atoms with E-state index in [4.69, 9.17) is 9.47 Å². The molecule has 0 bridgehead atoms. The molecule has 3 nitrogen and oxygen atoms in total. The predicted molar refractivity (Wildman–Crippen MR) is 49.6 cm³/mol. The number of hydrogen-bond donors (Lipinski definition) is 0. The lowest BCUT2D eigenvalue weighted by atomic mass is 10.2. The highest BCUT2D eigenvalue weighted by molar-refractivity contribution is 5.13. The molecule has 1 aliphatic rings. The van der Waals surface area contributed by atoms with E-state index in [1.165, 1.54) is 0 Å². The first-order chi connectivity index (χ1) is 6.90. The third kappa shape index (κ3) is 2.54. The van der Waals surface area contributed by atoms with Crippen molar-refractivity contribution in [1.29, 1.82) is 0 Å². The summed E-state index contributed by atoms with van der Waals surface area (Å²) < 4.78 is 10.5. The van der Waals surface area contributed by atoms with Crippen molar-refractivity contribution in [3.05, 3.63) is 35.9 Å². The molecule has 14 heavy (non-hydrogen) atoms. The van der Waals surface area contributed by atoms with Crippen molar-refractivity contribution in [3.8, 4) is 0 Å².